The van der Waals surface area contributed by atoms with Crippen molar-refractivity contribution in [3.05, 3.63) is 59.4 Å². The van der Waals surface area contributed by atoms with Gasteiger partial charge < -0.3 is 14.8 Å². The molecule has 7 heteroatoms. The van der Waals surface area contributed by atoms with Gasteiger partial charge in [0.1, 0.15) is 11.6 Å². The molecule has 2 aromatic rings. The van der Waals surface area contributed by atoms with Crippen molar-refractivity contribution in [2.45, 2.75) is 13.0 Å². The molecule has 1 N–H and O–H groups in total. The molecular formula is C18H15FN2O4. The Morgan fingerprint density at radius 3 is 2.44 bits per heavy atom. The lowest BCUT2D eigenvalue weighted by Crippen LogP contribution is -2.30. The molecule has 0 unspecified atom stereocenters. The molecule has 1 amide bonds. The van der Waals surface area contributed by atoms with Crippen molar-refractivity contribution in [3.63, 3.8) is 0 Å². The molecule has 0 aliphatic rings. The number of methoxy groups -OCH3 is 1. The number of benzene rings is 2. The Morgan fingerprint density at radius 2 is 1.88 bits per heavy atom. The van der Waals surface area contributed by atoms with E-state index in [0.717, 1.165) is 6.07 Å². The Hall–Kier alpha value is -3.40. The smallest absolute Gasteiger partial charge is 0.337 e. The molecule has 128 valence electrons. The standard InChI is InChI=1S/C18H15FN2O4/c1-11(25-14-6-3-12(10-20)4-7-14)17(22)21-16-8-5-13(9-15(16)19)18(23)24-2/h3-9,11H,1-2H3,(H,21,22)/t11-/m1/s1. The topological polar surface area (TPSA) is 88.4 Å². The third kappa shape index (κ3) is 4.54. The Labute approximate surface area is 143 Å². The predicted molar refractivity (Wildman–Crippen MR) is 87.6 cm³/mol. The van der Waals surface area contributed by atoms with Crippen molar-refractivity contribution >= 4 is 17.6 Å². The maximum absolute atomic E-state index is 14.0. The molecule has 6 nitrogen and oxygen atoms in total. The van der Waals surface area contributed by atoms with E-state index in [0.29, 0.717) is 11.3 Å². The van der Waals surface area contributed by atoms with Gasteiger partial charge in [-0.3, -0.25) is 4.79 Å². The summed E-state index contributed by atoms with van der Waals surface area (Å²) in [4.78, 5) is 23.5. The quantitative estimate of drug-likeness (QED) is 0.844. The maximum Gasteiger partial charge on any atom is 0.337 e. The number of halogens is 1. The van der Waals surface area contributed by atoms with Gasteiger partial charge in [-0.15, -0.1) is 0 Å². The first-order chi connectivity index (χ1) is 11.9. The maximum atomic E-state index is 14.0. The van der Waals surface area contributed by atoms with Crippen LogP contribution < -0.4 is 10.1 Å². The van der Waals surface area contributed by atoms with E-state index in [1.54, 1.807) is 24.3 Å². The van der Waals surface area contributed by atoms with Crippen LogP contribution in [0.1, 0.15) is 22.8 Å². The normalized spacial score (nSPS) is 11.1. The number of nitriles is 1. The van der Waals surface area contributed by atoms with Crippen LogP contribution in [0.25, 0.3) is 0 Å². The predicted octanol–water partition coefficient (Wildman–Crippen LogP) is 2.89. The summed E-state index contributed by atoms with van der Waals surface area (Å²) in [5.74, 6) is -1.59. The average Bonchev–Trinajstić information content (AvgIpc) is 2.63. The van der Waals surface area contributed by atoms with E-state index in [9.17, 15) is 14.0 Å². The van der Waals surface area contributed by atoms with Gasteiger partial charge in [0.25, 0.3) is 5.91 Å². The number of esters is 1. The monoisotopic (exact) mass is 342 g/mol. The highest BCUT2D eigenvalue weighted by molar-refractivity contribution is 5.95. The fourth-order valence-electron chi connectivity index (χ4n) is 1.96. The van der Waals surface area contributed by atoms with Gasteiger partial charge in [0, 0.05) is 0 Å². The molecule has 1 atom stereocenters. The number of nitrogens with one attached hydrogen (secondary N) is 1. The third-order valence-corrected chi connectivity index (χ3v) is 3.31. The Balaban J connectivity index is 2.03. The molecule has 0 saturated carbocycles. The van der Waals surface area contributed by atoms with Crippen LogP contribution in [0.2, 0.25) is 0 Å². The molecule has 0 bridgehead atoms. The average molecular weight is 342 g/mol. The van der Waals surface area contributed by atoms with Gasteiger partial charge in [-0.2, -0.15) is 5.26 Å². The van der Waals surface area contributed by atoms with Crippen molar-refractivity contribution < 1.29 is 23.5 Å². The van der Waals surface area contributed by atoms with E-state index < -0.39 is 23.8 Å². The molecule has 2 aromatic carbocycles. The highest BCUT2D eigenvalue weighted by atomic mass is 19.1. The van der Waals surface area contributed by atoms with E-state index in [1.165, 1.54) is 26.2 Å². The number of amides is 1. The lowest BCUT2D eigenvalue weighted by molar-refractivity contribution is -0.122. The minimum absolute atomic E-state index is 0.0416. The number of anilines is 1. The third-order valence-electron chi connectivity index (χ3n) is 3.31. The zero-order chi connectivity index (χ0) is 18.4. The summed E-state index contributed by atoms with van der Waals surface area (Å²) in [6.07, 6.45) is -0.896. The van der Waals surface area contributed by atoms with Crippen molar-refractivity contribution in [3.8, 4) is 11.8 Å². The first-order valence-electron chi connectivity index (χ1n) is 7.30. The zero-order valence-electron chi connectivity index (χ0n) is 13.6. The largest absolute Gasteiger partial charge is 0.481 e. The van der Waals surface area contributed by atoms with Gasteiger partial charge >= 0.3 is 5.97 Å². The first kappa shape index (κ1) is 17.9. The van der Waals surface area contributed by atoms with Crippen LogP contribution in [-0.2, 0) is 9.53 Å². The highest BCUT2D eigenvalue weighted by Crippen LogP contribution is 2.18. The van der Waals surface area contributed by atoms with E-state index in [1.807, 2.05) is 6.07 Å². The highest BCUT2D eigenvalue weighted by Gasteiger charge is 2.17. The fourth-order valence-corrected chi connectivity index (χ4v) is 1.96. The molecular weight excluding hydrogens is 327 g/mol. The van der Waals surface area contributed by atoms with Crippen molar-refractivity contribution in [1.29, 1.82) is 5.26 Å². The minimum Gasteiger partial charge on any atom is -0.481 e. The molecule has 25 heavy (non-hydrogen) atoms. The number of nitrogens with zero attached hydrogens (tertiary/aromatic N) is 1. The summed E-state index contributed by atoms with van der Waals surface area (Å²) in [5, 5.41) is 11.1. The van der Waals surface area contributed by atoms with Crippen molar-refractivity contribution in [2.75, 3.05) is 12.4 Å². The van der Waals surface area contributed by atoms with E-state index in [2.05, 4.69) is 10.1 Å². The lowest BCUT2D eigenvalue weighted by atomic mass is 10.2. The second-order valence-corrected chi connectivity index (χ2v) is 5.07. The molecule has 0 aromatic heterocycles. The second kappa shape index (κ2) is 7.93. The molecule has 2 rings (SSSR count). The van der Waals surface area contributed by atoms with Gasteiger partial charge in [-0.05, 0) is 49.4 Å². The van der Waals surface area contributed by atoms with Crippen LogP contribution in [0.3, 0.4) is 0 Å². The molecule has 0 aliphatic carbocycles. The van der Waals surface area contributed by atoms with Gasteiger partial charge in [0.05, 0.1) is 30.0 Å². The number of ether oxygens (including phenoxy) is 2. The second-order valence-electron chi connectivity index (χ2n) is 5.07. The number of hydrogen-bond acceptors (Lipinski definition) is 5. The lowest BCUT2D eigenvalue weighted by Gasteiger charge is -2.15. The number of rotatable bonds is 5. The van der Waals surface area contributed by atoms with Gasteiger partial charge in [0.15, 0.2) is 6.10 Å². The SMILES string of the molecule is COC(=O)c1ccc(NC(=O)[C@@H](C)Oc2ccc(C#N)cc2)c(F)c1. The molecule has 0 spiro atoms. The van der Waals surface area contributed by atoms with E-state index in [4.69, 9.17) is 10.00 Å². The summed E-state index contributed by atoms with van der Waals surface area (Å²) in [5.41, 5.74) is 0.435. The molecule has 0 fully saturated rings. The number of carbonyl (C=O) groups excluding carboxylic acids is 2. The number of hydrogen-bond donors (Lipinski definition) is 1. The van der Waals surface area contributed by atoms with Crippen LogP contribution >= 0.6 is 0 Å². The summed E-state index contributed by atoms with van der Waals surface area (Å²) in [7, 11) is 1.19. The fraction of sp³-hybridized carbons (Fsp3) is 0.167. The molecule has 0 saturated heterocycles. The summed E-state index contributed by atoms with van der Waals surface area (Å²) < 4.78 is 23.9. The molecule has 0 aliphatic heterocycles. The van der Waals surface area contributed by atoms with Crippen LogP contribution in [0.4, 0.5) is 10.1 Å². The van der Waals surface area contributed by atoms with E-state index in [-0.39, 0.29) is 11.3 Å². The minimum atomic E-state index is -0.896. The summed E-state index contributed by atoms with van der Waals surface area (Å²) in [6.45, 7) is 1.51. The van der Waals surface area contributed by atoms with Crippen LogP contribution in [0, 0.1) is 17.1 Å². The Kier molecular flexibility index (Phi) is 5.69. The van der Waals surface area contributed by atoms with Gasteiger partial charge in [0.2, 0.25) is 0 Å². The summed E-state index contributed by atoms with van der Waals surface area (Å²) in [6, 6.07) is 11.8. The van der Waals surface area contributed by atoms with Crippen molar-refractivity contribution in [1.82, 2.24) is 0 Å². The van der Waals surface area contributed by atoms with Gasteiger partial charge in [-0.25, -0.2) is 9.18 Å². The van der Waals surface area contributed by atoms with E-state index >= 15 is 0 Å². The van der Waals surface area contributed by atoms with Crippen LogP contribution in [-0.4, -0.2) is 25.1 Å². The Morgan fingerprint density at radius 1 is 1.20 bits per heavy atom. The van der Waals surface area contributed by atoms with Crippen LogP contribution in [0.5, 0.6) is 5.75 Å². The van der Waals surface area contributed by atoms with Crippen LogP contribution in [0.15, 0.2) is 42.5 Å². The molecule has 0 heterocycles. The Bertz CT molecular complexity index is 828. The summed E-state index contributed by atoms with van der Waals surface area (Å²) >= 11 is 0. The van der Waals surface area contributed by atoms with Gasteiger partial charge in [-0.1, -0.05) is 0 Å². The molecule has 0 radical (unpaired) electrons. The first-order valence-corrected chi connectivity index (χ1v) is 7.30. The number of carbonyl (C=O) groups is 2. The van der Waals surface area contributed by atoms with Crippen molar-refractivity contribution in [2.24, 2.45) is 0 Å². The zero-order valence-corrected chi connectivity index (χ0v) is 13.6.